The molecule has 152 valence electrons. The molecule has 10 heteroatoms. The van der Waals surface area contributed by atoms with Crippen molar-refractivity contribution in [2.75, 3.05) is 6.54 Å². The maximum absolute atomic E-state index is 13.5. The Balaban J connectivity index is 0.00000280. The number of carboxylic acid groups (broad SMARTS) is 1. The van der Waals surface area contributed by atoms with Crippen molar-refractivity contribution >= 4 is 24.3 Å². The molecule has 0 aliphatic carbocycles. The van der Waals surface area contributed by atoms with Crippen LogP contribution >= 0.6 is 12.4 Å². The zero-order chi connectivity index (χ0) is 19.8. The lowest BCUT2D eigenvalue weighted by Gasteiger charge is -2.24. The second-order valence-corrected chi connectivity index (χ2v) is 7.31. The van der Waals surface area contributed by atoms with E-state index < -0.39 is 29.3 Å². The molecule has 2 heterocycles. The molecule has 8 nitrogen and oxygen atoms in total. The minimum atomic E-state index is -0.893. The van der Waals surface area contributed by atoms with Crippen molar-refractivity contribution in [2.45, 2.75) is 44.8 Å². The Morgan fingerprint density at radius 2 is 2.11 bits per heavy atom. The quantitative estimate of drug-likeness (QED) is 0.692. The number of carboxylic acids is 1. The number of aromatic nitrogens is 3. The van der Waals surface area contributed by atoms with Gasteiger partial charge in [0.05, 0.1) is 17.8 Å². The summed E-state index contributed by atoms with van der Waals surface area (Å²) >= 11 is 0. The molecule has 1 aliphatic rings. The molecule has 2 atom stereocenters. The number of hydrogen-bond donors (Lipinski definition) is 3. The fraction of sp³-hybridized carbons (Fsp3) is 0.444. The molecule has 3 N–H and O–H groups in total. The molecule has 1 aromatic heterocycles. The topological polar surface area (TPSA) is 109 Å². The summed E-state index contributed by atoms with van der Waals surface area (Å²) in [6, 6.07) is 3.34. The molecule has 0 bridgehead atoms. The van der Waals surface area contributed by atoms with Gasteiger partial charge in [-0.05, 0) is 44.9 Å². The highest BCUT2D eigenvalue weighted by molar-refractivity contribution is 5.96. The van der Waals surface area contributed by atoms with Crippen LogP contribution in [0.25, 0.3) is 0 Å². The van der Waals surface area contributed by atoms with Crippen molar-refractivity contribution in [2.24, 2.45) is 0 Å². The van der Waals surface area contributed by atoms with Crippen LogP contribution in [0.3, 0.4) is 0 Å². The van der Waals surface area contributed by atoms with E-state index in [-0.39, 0.29) is 24.0 Å². The Morgan fingerprint density at radius 3 is 2.75 bits per heavy atom. The number of nitrogens with one attached hydrogen (secondary N) is 2. The Kier molecular flexibility index (Phi) is 6.41. The van der Waals surface area contributed by atoms with Crippen LogP contribution in [-0.4, -0.2) is 44.6 Å². The number of amides is 1. The summed E-state index contributed by atoms with van der Waals surface area (Å²) in [7, 11) is 0. The summed E-state index contributed by atoms with van der Waals surface area (Å²) in [4.78, 5) is 23.6. The van der Waals surface area contributed by atoms with E-state index in [1.54, 1.807) is 37.7 Å². The molecule has 28 heavy (non-hydrogen) atoms. The van der Waals surface area contributed by atoms with Gasteiger partial charge in [0.1, 0.15) is 17.6 Å². The van der Waals surface area contributed by atoms with Gasteiger partial charge in [0.15, 0.2) is 0 Å². The van der Waals surface area contributed by atoms with Gasteiger partial charge in [0.2, 0.25) is 0 Å². The summed E-state index contributed by atoms with van der Waals surface area (Å²) in [5.74, 6) is -1.77. The largest absolute Gasteiger partial charge is 0.480 e. The standard InChI is InChI=1S/C18H22FN5O3.ClH/c1-10-4-5-11(19)6-13(10)16(25)21-18(2,3)15-9-24(23-22-15)12-7-14(17(26)27)20-8-12;/h4-6,9,12,14,20H,7-8H2,1-3H3,(H,21,25)(H,26,27);1H/t12-,14-;/m0./s1. The third-order valence-electron chi connectivity index (χ3n) is 4.80. The average molecular weight is 412 g/mol. The number of aryl methyl sites for hydroxylation is 1. The smallest absolute Gasteiger partial charge is 0.320 e. The zero-order valence-corrected chi connectivity index (χ0v) is 16.6. The van der Waals surface area contributed by atoms with Gasteiger partial charge in [0.25, 0.3) is 5.91 Å². The summed E-state index contributed by atoms with van der Waals surface area (Å²) in [5.41, 5.74) is 0.625. The number of carbonyl (C=O) groups is 2. The van der Waals surface area contributed by atoms with E-state index in [9.17, 15) is 14.0 Å². The zero-order valence-electron chi connectivity index (χ0n) is 15.8. The van der Waals surface area contributed by atoms with Crippen molar-refractivity contribution < 1.29 is 19.1 Å². The Bertz CT molecular complexity index is 886. The molecule has 1 aromatic carbocycles. The predicted molar refractivity (Wildman–Crippen MR) is 102 cm³/mol. The van der Waals surface area contributed by atoms with Gasteiger partial charge in [0, 0.05) is 12.1 Å². The van der Waals surface area contributed by atoms with Crippen LogP contribution in [0, 0.1) is 12.7 Å². The monoisotopic (exact) mass is 411 g/mol. The lowest BCUT2D eigenvalue weighted by atomic mass is 9.99. The Morgan fingerprint density at radius 1 is 1.39 bits per heavy atom. The molecular weight excluding hydrogens is 389 g/mol. The Hall–Kier alpha value is -2.52. The van der Waals surface area contributed by atoms with Gasteiger partial charge < -0.3 is 15.7 Å². The van der Waals surface area contributed by atoms with E-state index >= 15 is 0 Å². The SMILES string of the molecule is Cc1ccc(F)cc1C(=O)NC(C)(C)c1cn([C@@H]2CN[C@H](C(=O)O)C2)nn1.Cl. The van der Waals surface area contributed by atoms with Gasteiger partial charge in [-0.3, -0.25) is 9.59 Å². The molecule has 1 aliphatic heterocycles. The second-order valence-electron chi connectivity index (χ2n) is 7.31. The van der Waals surface area contributed by atoms with Crippen LogP contribution in [0.1, 0.15) is 47.9 Å². The Labute approximate surface area is 167 Å². The molecular formula is C18H23ClFN5O3. The van der Waals surface area contributed by atoms with Gasteiger partial charge >= 0.3 is 5.97 Å². The molecule has 3 rings (SSSR count). The summed E-state index contributed by atoms with van der Waals surface area (Å²) in [6.07, 6.45) is 2.11. The van der Waals surface area contributed by atoms with E-state index in [0.29, 0.717) is 24.2 Å². The highest BCUT2D eigenvalue weighted by Gasteiger charge is 2.33. The van der Waals surface area contributed by atoms with Gasteiger partial charge in [-0.15, -0.1) is 17.5 Å². The first kappa shape index (κ1) is 21.8. The van der Waals surface area contributed by atoms with Gasteiger partial charge in [-0.25, -0.2) is 9.07 Å². The normalized spacial score (nSPS) is 19.1. The first-order valence-electron chi connectivity index (χ1n) is 8.64. The first-order valence-corrected chi connectivity index (χ1v) is 8.64. The highest BCUT2D eigenvalue weighted by Crippen LogP contribution is 2.23. The second kappa shape index (κ2) is 8.24. The van der Waals surface area contributed by atoms with E-state index in [4.69, 9.17) is 5.11 Å². The van der Waals surface area contributed by atoms with Crippen LogP contribution in [0.4, 0.5) is 4.39 Å². The van der Waals surface area contributed by atoms with Crippen molar-refractivity contribution in [3.8, 4) is 0 Å². The van der Waals surface area contributed by atoms with Crippen LogP contribution in [-0.2, 0) is 10.3 Å². The van der Waals surface area contributed by atoms with Gasteiger partial charge in [-0.1, -0.05) is 11.3 Å². The number of halogens is 2. The van der Waals surface area contributed by atoms with Crippen molar-refractivity contribution in [3.63, 3.8) is 0 Å². The molecule has 0 spiro atoms. The highest BCUT2D eigenvalue weighted by atomic mass is 35.5. The lowest BCUT2D eigenvalue weighted by molar-refractivity contribution is -0.139. The maximum Gasteiger partial charge on any atom is 0.320 e. The number of nitrogens with zero attached hydrogens (tertiary/aromatic N) is 3. The molecule has 1 amide bonds. The van der Waals surface area contributed by atoms with Crippen LogP contribution in [0.15, 0.2) is 24.4 Å². The third-order valence-corrected chi connectivity index (χ3v) is 4.80. The van der Waals surface area contributed by atoms with Crippen molar-refractivity contribution in [1.82, 2.24) is 25.6 Å². The summed E-state index contributed by atoms with van der Waals surface area (Å²) in [6.45, 7) is 5.78. The predicted octanol–water partition coefficient (Wildman–Crippen LogP) is 1.80. The summed E-state index contributed by atoms with van der Waals surface area (Å²) < 4.78 is 15.1. The van der Waals surface area contributed by atoms with E-state index in [0.717, 1.165) is 0 Å². The minimum absolute atomic E-state index is 0. The molecule has 0 saturated carbocycles. The van der Waals surface area contributed by atoms with E-state index in [1.807, 2.05) is 0 Å². The molecule has 0 unspecified atom stereocenters. The van der Waals surface area contributed by atoms with Crippen molar-refractivity contribution in [1.29, 1.82) is 0 Å². The van der Waals surface area contributed by atoms with Crippen LogP contribution in [0.2, 0.25) is 0 Å². The van der Waals surface area contributed by atoms with Crippen LogP contribution < -0.4 is 10.6 Å². The maximum atomic E-state index is 13.5. The number of hydrogen-bond acceptors (Lipinski definition) is 5. The molecule has 2 aromatic rings. The fourth-order valence-electron chi connectivity index (χ4n) is 3.10. The van der Waals surface area contributed by atoms with E-state index in [2.05, 4.69) is 20.9 Å². The number of carbonyl (C=O) groups excluding carboxylic acids is 1. The van der Waals surface area contributed by atoms with E-state index in [1.165, 1.54) is 12.1 Å². The fourth-order valence-corrected chi connectivity index (χ4v) is 3.10. The third kappa shape index (κ3) is 4.48. The minimum Gasteiger partial charge on any atom is -0.480 e. The molecule has 1 saturated heterocycles. The number of aliphatic carboxylic acids is 1. The summed E-state index contributed by atoms with van der Waals surface area (Å²) in [5, 5.41) is 23.1. The molecule has 0 radical (unpaired) electrons. The first-order chi connectivity index (χ1) is 12.7. The lowest BCUT2D eigenvalue weighted by Crippen LogP contribution is -2.41. The molecule has 1 fully saturated rings. The number of rotatable bonds is 5. The van der Waals surface area contributed by atoms with Crippen molar-refractivity contribution in [3.05, 3.63) is 47.0 Å². The number of benzene rings is 1. The van der Waals surface area contributed by atoms with Crippen LogP contribution in [0.5, 0.6) is 0 Å². The van der Waals surface area contributed by atoms with Gasteiger partial charge in [-0.2, -0.15) is 0 Å². The average Bonchev–Trinajstić information content (AvgIpc) is 3.25.